The van der Waals surface area contributed by atoms with E-state index >= 15 is 0 Å². The van der Waals surface area contributed by atoms with Crippen LogP contribution in [0.3, 0.4) is 0 Å². The van der Waals surface area contributed by atoms with Crippen molar-refractivity contribution in [1.82, 2.24) is 0 Å². The maximum absolute atomic E-state index is 14.4. The molecule has 0 unspecified atom stereocenters. The summed E-state index contributed by atoms with van der Waals surface area (Å²) in [6.45, 7) is 3.96. The first-order chi connectivity index (χ1) is 21.2. The molecule has 5 aromatic carbocycles. The van der Waals surface area contributed by atoms with Crippen LogP contribution in [0.15, 0.2) is 103 Å². The van der Waals surface area contributed by atoms with Gasteiger partial charge in [0.1, 0.15) is 0 Å². The number of carbonyl (C=O) groups excluding carboxylic acids is 3. The third-order valence-electron chi connectivity index (χ3n) is 7.45. The quantitative estimate of drug-likeness (QED) is 0.130. The van der Waals surface area contributed by atoms with E-state index in [1.807, 2.05) is 62.4 Å². The van der Waals surface area contributed by atoms with Gasteiger partial charge in [-0.1, -0.05) is 47.5 Å². The van der Waals surface area contributed by atoms with Crippen molar-refractivity contribution < 1.29 is 19.3 Å². The molecule has 0 radical (unpaired) electrons. The molecule has 1 aliphatic rings. The Bertz CT molecular complexity index is 1970. The molecule has 44 heavy (non-hydrogen) atoms. The predicted molar refractivity (Wildman–Crippen MR) is 170 cm³/mol. The minimum absolute atomic E-state index is 0.0692. The molecule has 0 fully saturated rings. The fourth-order valence-electron chi connectivity index (χ4n) is 5.15. The first-order valence-corrected chi connectivity index (χ1v) is 13.8. The molecule has 0 saturated carbocycles. The van der Waals surface area contributed by atoms with Crippen molar-refractivity contribution in [1.29, 1.82) is 0 Å². The maximum atomic E-state index is 14.4. The lowest BCUT2D eigenvalue weighted by atomic mass is 9.81. The number of nitrogens with zero attached hydrogens (tertiary/aromatic N) is 1. The molecule has 9 heteroatoms. The SMILES string of the molecule is Cc1ccc(Nc2ccc(Nc3ccc(C)cc3)c3c2C(=O)c2cccc(NC(=O)c4ccc([N+](=O)[O-])cc4)c2C3=O)cc1. The summed E-state index contributed by atoms with van der Waals surface area (Å²) in [5.74, 6) is -1.38. The third-order valence-corrected chi connectivity index (χ3v) is 7.45. The largest absolute Gasteiger partial charge is 0.355 e. The van der Waals surface area contributed by atoms with Crippen molar-refractivity contribution >= 4 is 51.6 Å². The molecule has 0 atom stereocenters. The minimum Gasteiger partial charge on any atom is -0.355 e. The van der Waals surface area contributed by atoms with Gasteiger partial charge >= 0.3 is 0 Å². The van der Waals surface area contributed by atoms with Crippen LogP contribution in [-0.2, 0) is 0 Å². The zero-order valence-electron chi connectivity index (χ0n) is 23.8. The van der Waals surface area contributed by atoms with Crippen molar-refractivity contribution in [2.75, 3.05) is 16.0 Å². The Morgan fingerprint density at radius 3 is 1.66 bits per heavy atom. The van der Waals surface area contributed by atoms with Crippen molar-refractivity contribution in [3.63, 3.8) is 0 Å². The molecule has 6 rings (SSSR count). The lowest BCUT2D eigenvalue weighted by Gasteiger charge is -2.25. The Kier molecular flexibility index (Phi) is 7.20. The fraction of sp³-hybridized carbons (Fsp3) is 0.0571. The van der Waals surface area contributed by atoms with Gasteiger partial charge in [0.05, 0.1) is 38.7 Å². The van der Waals surface area contributed by atoms with Crippen LogP contribution in [0.25, 0.3) is 0 Å². The van der Waals surface area contributed by atoms with Gasteiger partial charge in [-0.15, -0.1) is 0 Å². The number of anilines is 5. The van der Waals surface area contributed by atoms with E-state index in [2.05, 4.69) is 16.0 Å². The van der Waals surface area contributed by atoms with Gasteiger partial charge in [0.25, 0.3) is 11.6 Å². The zero-order chi connectivity index (χ0) is 31.0. The topological polar surface area (TPSA) is 130 Å². The van der Waals surface area contributed by atoms with Gasteiger partial charge in [-0.2, -0.15) is 0 Å². The van der Waals surface area contributed by atoms with Gasteiger partial charge < -0.3 is 16.0 Å². The van der Waals surface area contributed by atoms with Crippen LogP contribution in [0.1, 0.15) is 53.3 Å². The highest BCUT2D eigenvalue weighted by Crippen LogP contribution is 2.40. The molecule has 216 valence electrons. The van der Waals surface area contributed by atoms with E-state index in [9.17, 15) is 24.5 Å². The van der Waals surface area contributed by atoms with Crippen LogP contribution in [0, 0.1) is 24.0 Å². The van der Waals surface area contributed by atoms with Crippen LogP contribution in [0.4, 0.5) is 34.1 Å². The second-order valence-corrected chi connectivity index (χ2v) is 10.5. The van der Waals surface area contributed by atoms with Gasteiger partial charge in [0.2, 0.25) is 0 Å². The van der Waals surface area contributed by atoms with Crippen LogP contribution in [-0.4, -0.2) is 22.4 Å². The number of rotatable bonds is 7. The smallest absolute Gasteiger partial charge is 0.269 e. The van der Waals surface area contributed by atoms with E-state index in [0.29, 0.717) is 11.4 Å². The number of ketones is 2. The molecule has 1 amide bonds. The normalized spacial score (nSPS) is 11.8. The molecule has 9 nitrogen and oxygen atoms in total. The highest BCUT2D eigenvalue weighted by molar-refractivity contribution is 6.34. The standard InChI is InChI=1S/C35H26N4O5/c1-20-6-12-23(13-7-20)36-28-18-19-29(37-24-14-8-21(2)9-15-24)32-31(28)33(40)26-4-3-5-27(30(26)34(32)41)38-35(42)22-10-16-25(17-11-22)39(43)44/h3-19,36-37H,1-2H3,(H,38,42). The number of nitro groups is 1. The average Bonchev–Trinajstić information content (AvgIpc) is 3.02. The second kappa shape index (κ2) is 11.3. The van der Waals surface area contributed by atoms with Gasteiger partial charge in [0, 0.05) is 34.6 Å². The number of nitrogens with one attached hydrogen (secondary N) is 3. The Balaban J connectivity index is 1.43. The molecule has 0 spiro atoms. The first-order valence-electron chi connectivity index (χ1n) is 13.8. The molecule has 1 aliphatic carbocycles. The van der Waals surface area contributed by atoms with Gasteiger partial charge in [-0.3, -0.25) is 24.5 Å². The average molecular weight is 583 g/mol. The lowest BCUT2D eigenvalue weighted by molar-refractivity contribution is -0.384. The molecular formula is C35H26N4O5. The summed E-state index contributed by atoms with van der Waals surface area (Å²) >= 11 is 0. The van der Waals surface area contributed by atoms with Crippen molar-refractivity contribution in [3.8, 4) is 0 Å². The van der Waals surface area contributed by atoms with Crippen LogP contribution >= 0.6 is 0 Å². The highest BCUT2D eigenvalue weighted by atomic mass is 16.6. The number of non-ortho nitro benzene ring substituents is 1. The van der Waals surface area contributed by atoms with E-state index in [1.54, 1.807) is 30.3 Å². The van der Waals surface area contributed by atoms with Crippen molar-refractivity contribution in [2.45, 2.75) is 13.8 Å². The first kappa shape index (κ1) is 28.0. The Morgan fingerprint density at radius 1 is 0.614 bits per heavy atom. The van der Waals surface area contributed by atoms with Crippen LogP contribution < -0.4 is 16.0 Å². The van der Waals surface area contributed by atoms with E-state index in [4.69, 9.17) is 0 Å². The second-order valence-electron chi connectivity index (χ2n) is 10.5. The van der Waals surface area contributed by atoms with E-state index in [1.165, 1.54) is 24.3 Å². The molecule has 0 aromatic heterocycles. The Hall–Kier alpha value is -6.09. The highest BCUT2D eigenvalue weighted by Gasteiger charge is 2.36. The molecule has 5 aromatic rings. The summed E-state index contributed by atoms with van der Waals surface area (Å²) in [5.41, 5.74) is 5.36. The third kappa shape index (κ3) is 5.30. The summed E-state index contributed by atoms with van der Waals surface area (Å²) < 4.78 is 0. The predicted octanol–water partition coefficient (Wildman–Crippen LogP) is 7.73. The van der Waals surface area contributed by atoms with Crippen molar-refractivity contribution in [3.05, 3.63) is 152 Å². The van der Waals surface area contributed by atoms with Crippen LogP contribution in [0.5, 0.6) is 0 Å². The van der Waals surface area contributed by atoms with Gasteiger partial charge in [0.15, 0.2) is 11.6 Å². The summed E-state index contributed by atoms with van der Waals surface area (Å²) in [5, 5.41) is 20.4. The number of hydrogen-bond acceptors (Lipinski definition) is 7. The summed E-state index contributed by atoms with van der Waals surface area (Å²) in [6, 6.07) is 28.7. The molecule has 0 heterocycles. The number of fused-ring (bicyclic) bond motifs is 2. The summed E-state index contributed by atoms with van der Waals surface area (Å²) in [7, 11) is 0. The summed E-state index contributed by atoms with van der Waals surface area (Å²) in [6.07, 6.45) is 0. The molecule has 3 N–H and O–H groups in total. The molecule has 0 saturated heterocycles. The lowest BCUT2D eigenvalue weighted by Crippen LogP contribution is -2.26. The van der Waals surface area contributed by atoms with E-state index in [0.717, 1.165) is 22.5 Å². The molecule has 0 aliphatic heterocycles. The minimum atomic E-state index is -0.577. The summed E-state index contributed by atoms with van der Waals surface area (Å²) in [4.78, 5) is 52.2. The maximum Gasteiger partial charge on any atom is 0.269 e. The van der Waals surface area contributed by atoms with Gasteiger partial charge in [-0.05, 0) is 68.4 Å². The molecule has 0 bridgehead atoms. The monoisotopic (exact) mass is 582 g/mol. The van der Waals surface area contributed by atoms with E-state index in [-0.39, 0.29) is 45.0 Å². The zero-order valence-corrected chi connectivity index (χ0v) is 23.8. The number of benzene rings is 5. The van der Waals surface area contributed by atoms with Crippen LogP contribution in [0.2, 0.25) is 0 Å². The number of aryl methyl sites for hydroxylation is 2. The Labute approximate surface area is 252 Å². The fourth-order valence-corrected chi connectivity index (χ4v) is 5.15. The number of amides is 1. The van der Waals surface area contributed by atoms with Gasteiger partial charge in [-0.25, -0.2) is 0 Å². The number of nitro benzene ring substituents is 1. The Morgan fingerprint density at radius 2 is 1.14 bits per heavy atom. The number of hydrogen-bond donors (Lipinski definition) is 3. The number of carbonyl (C=O) groups is 3. The molecular weight excluding hydrogens is 556 g/mol. The van der Waals surface area contributed by atoms with Crippen molar-refractivity contribution in [2.24, 2.45) is 0 Å². The van der Waals surface area contributed by atoms with E-state index < -0.39 is 16.6 Å².